The van der Waals surface area contributed by atoms with Crippen LogP contribution in [0.4, 0.5) is 5.88 Å². The molecule has 3 rings (SSSR count). The molecule has 1 amide bonds. The van der Waals surface area contributed by atoms with E-state index in [0.717, 1.165) is 17.5 Å². The molecule has 2 aromatic carbocycles. The molecule has 3 aromatic rings. The van der Waals surface area contributed by atoms with Crippen LogP contribution in [0.5, 0.6) is 0 Å². The second kappa shape index (κ2) is 6.26. The Balaban J connectivity index is 1.76. The molecule has 0 saturated carbocycles. The van der Waals surface area contributed by atoms with Gasteiger partial charge in [0.05, 0.1) is 0 Å². The number of nitrogens with zero attached hydrogens (tertiary/aromatic N) is 1. The van der Waals surface area contributed by atoms with Crippen molar-refractivity contribution in [3.05, 3.63) is 71.8 Å². The van der Waals surface area contributed by atoms with Gasteiger partial charge in [-0.15, -0.1) is 0 Å². The Hall–Kier alpha value is -2.88. The molecule has 1 heterocycles. The predicted molar refractivity (Wildman–Crippen MR) is 85.7 cm³/mol. The first-order valence-electron chi connectivity index (χ1n) is 7.18. The lowest BCUT2D eigenvalue weighted by Gasteiger charge is -2.03. The van der Waals surface area contributed by atoms with E-state index in [-0.39, 0.29) is 5.91 Å². The summed E-state index contributed by atoms with van der Waals surface area (Å²) < 4.78 is 5.19. The van der Waals surface area contributed by atoms with Gasteiger partial charge in [0.15, 0.2) is 0 Å². The van der Waals surface area contributed by atoms with Crippen molar-refractivity contribution in [2.75, 3.05) is 5.32 Å². The molecule has 0 spiro atoms. The molecule has 0 saturated heterocycles. The second-order valence-electron chi connectivity index (χ2n) is 4.95. The number of benzene rings is 2. The minimum atomic E-state index is -0.203. The van der Waals surface area contributed by atoms with Gasteiger partial charge in [0.25, 0.3) is 5.91 Å². The van der Waals surface area contributed by atoms with Crippen molar-refractivity contribution in [2.45, 2.75) is 13.3 Å². The molecule has 0 radical (unpaired) electrons. The summed E-state index contributed by atoms with van der Waals surface area (Å²) in [7, 11) is 0. The van der Waals surface area contributed by atoms with Crippen LogP contribution in [0.25, 0.3) is 11.3 Å². The number of carbonyl (C=O) groups is 1. The summed E-state index contributed by atoms with van der Waals surface area (Å²) in [5.41, 5.74) is 3.37. The quantitative estimate of drug-likeness (QED) is 0.785. The zero-order valence-corrected chi connectivity index (χ0v) is 12.2. The number of nitrogens with one attached hydrogen (secondary N) is 1. The van der Waals surface area contributed by atoms with Crippen LogP contribution >= 0.6 is 0 Å². The lowest BCUT2D eigenvalue weighted by Crippen LogP contribution is -2.11. The maximum absolute atomic E-state index is 12.2. The number of aryl methyl sites for hydroxylation is 1. The fraction of sp³-hybridized carbons (Fsp3) is 0.111. The predicted octanol–water partition coefficient (Wildman–Crippen LogP) is 4.16. The number of aromatic nitrogens is 1. The van der Waals surface area contributed by atoms with E-state index in [9.17, 15) is 4.79 Å². The van der Waals surface area contributed by atoms with Crippen LogP contribution in [0.1, 0.15) is 22.8 Å². The maximum atomic E-state index is 12.2. The fourth-order valence-corrected chi connectivity index (χ4v) is 2.20. The van der Waals surface area contributed by atoms with Crippen LogP contribution in [0.3, 0.4) is 0 Å². The standard InChI is InChI=1S/C18H16N2O2/c1-2-13-7-6-10-15(11-13)18(21)19-17-12-16(20-22-17)14-8-4-3-5-9-14/h3-12H,2H2,1H3,(H,19,21). The first-order valence-corrected chi connectivity index (χ1v) is 7.18. The van der Waals surface area contributed by atoms with Gasteiger partial charge in [0.1, 0.15) is 5.69 Å². The van der Waals surface area contributed by atoms with Crippen LogP contribution < -0.4 is 5.32 Å². The minimum absolute atomic E-state index is 0.203. The molecule has 0 aliphatic rings. The van der Waals surface area contributed by atoms with Crippen molar-refractivity contribution in [3.63, 3.8) is 0 Å². The van der Waals surface area contributed by atoms with Crippen LogP contribution in [0.2, 0.25) is 0 Å². The zero-order valence-electron chi connectivity index (χ0n) is 12.2. The number of amides is 1. The SMILES string of the molecule is CCc1cccc(C(=O)Nc2cc(-c3ccccc3)no2)c1. The van der Waals surface area contributed by atoms with Crippen molar-refractivity contribution in [1.82, 2.24) is 5.16 Å². The highest BCUT2D eigenvalue weighted by atomic mass is 16.5. The van der Waals surface area contributed by atoms with Crippen LogP contribution in [0.15, 0.2) is 65.2 Å². The van der Waals surface area contributed by atoms with Gasteiger partial charge in [0, 0.05) is 17.2 Å². The van der Waals surface area contributed by atoms with E-state index in [1.807, 2.05) is 48.5 Å². The molecule has 22 heavy (non-hydrogen) atoms. The first-order chi connectivity index (χ1) is 10.8. The molecule has 0 bridgehead atoms. The summed E-state index contributed by atoms with van der Waals surface area (Å²) in [6, 6.07) is 18.9. The van der Waals surface area contributed by atoms with E-state index < -0.39 is 0 Å². The first kappa shape index (κ1) is 14.1. The van der Waals surface area contributed by atoms with Gasteiger partial charge >= 0.3 is 0 Å². The van der Waals surface area contributed by atoms with Gasteiger partial charge in [-0.05, 0) is 24.1 Å². The highest BCUT2D eigenvalue weighted by molar-refractivity contribution is 6.03. The van der Waals surface area contributed by atoms with Crippen molar-refractivity contribution in [1.29, 1.82) is 0 Å². The van der Waals surface area contributed by atoms with E-state index >= 15 is 0 Å². The highest BCUT2D eigenvalue weighted by Gasteiger charge is 2.11. The molecular formula is C18H16N2O2. The van der Waals surface area contributed by atoms with E-state index in [1.54, 1.807) is 12.1 Å². The minimum Gasteiger partial charge on any atom is -0.338 e. The van der Waals surface area contributed by atoms with Gasteiger partial charge < -0.3 is 4.52 Å². The Bertz CT molecular complexity index is 779. The van der Waals surface area contributed by atoms with E-state index in [1.165, 1.54) is 0 Å². The van der Waals surface area contributed by atoms with Crippen molar-refractivity contribution >= 4 is 11.8 Å². The fourth-order valence-electron chi connectivity index (χ4n) is 2.20. The number of hydrogen-bond acceptors (Lipinski definition) is 3. The normalized spacial score (nSPS) is 10.4. The summed E-state index contributed by atoms with van der Waals surface area (Å²) in [6.45, 7) is 2.06. The van der Waals surface area contributed by atoms with Gasteiger partial charge in [-0.25, -0.2) is 0 Å². The van der Waals surface area contributed by atoms with Crippen LogP contribution in [0, 0.1) is 0 Å². The highest BCUT2D eigenvalue weighted by Crippen LogP contribution is 2.21. The summed E-state index contributed by atoms with van der Waals surface area (Å²) in [5.74, 6) is 0.136. The molecule has 4 heteroatoms. The van der Waals surface area contributed by atoms with Crippen molar-refractivity contribution in [2.24, 2.45) is 0 Å². The zero-order chi connectivity index (χ0) is 15.4. The molecule has 0 aliphatic heterocycles. The lowest BCUT2D eigenvalue weighted by molar-refractivity contribution is 0.102. The number of anilines is 1. The molecule has 0 aliphatic carbocycles. The Morgan fingerprint density at radius 3 is 2.68 bits per heavy atom. The molecule has 1 N–H and O–H groups in total. The second-order valence-corrected chi connectivity index (χ2v) is 4.95. The number of hydrogen-bond donors (Lipinski definition) is 1. The van der Waals surface area contributed by atoms with Crippen molar-refractivity contribution in [3.8, 4) is 11.3 Å². The Labute approximate surface area is 128 Å². The van der Waals surface area contributed by atoms with Crippen LogP contribution in [-0.4, -0.2) is 11.1 Å². The molecule has 4 nitrogen and oxygen atoms in total. The van der Waals surface area contributed by atoms with Gasteiger partial charge in [-0.3, -0.25) is 10.1 Å². The lowest BCUT2D eigenvalue weighted by atomic mass is 10.1. The third-order valence-corrected chi connectivity index (χ3v) is 3.41. The molecule has 0 unspecified atom stereocenters. The monoisotopic (exact) mass is 292 g/mol. The van der Waals surface area contributed by atoms with Crippen LogP contribution in [-0.2, 0) is 6.42 Å². The van der Waals surface area contributed by atoms with Crippen molar-refractivity contribution < 1.29 is 9.32 Å². The van der Waals surface area contributed by atoms with E-state index in [4.69, 9.17) is 4.52 Å². The molecule has 110 valence electrons. The topological polar surface area (TPSA) is 55.1 Å². The summed E-state index contributed by atoms with van der Waals surface area (Å²) in [6.07, 6.45) is 0.890. The maximum Gasteiger partial charge on any atom is 0.258 e. The van der Waals surface area contributed by atoms with Gasteiger partial charge in [0.2, 0.25) is 5.88 Å². The Morgan fingerprint density at radius 1 is 1.09 bits per heavy atom. The summed E-state index contributed by atoms with van der Waals surface area (Å²) >= 11 is 0. The Morgan fingerprint density at radius 2 is 1.91 bits per heavy atom. The number of rotatable bonds is 4. The number of carbonyl (C=O) groups excluding carboxylic acids is 1. The molecule has 0 atom stereocenters. The van der Waals surface area contributed by atoms with E-state index in [2.05, 4.69) is 17.4 Å². The Kier molecular flexibility index (Phi) is 4.01. The third-order valence-electron chi connectivity index (χ3n) is 3.41. The van der Waals surface area contributed by atoms with E-state index in [0.29, 0.717) is 17.1 Å². The summed E-state index contributed by atoms with van der Waals surface area (Å²) in [4.78, 5) is 12.2. The smallest absolute Gasteiger partial charge is 0.258 e. The van der Waals surface area contributed by atoms with Gasteiger partial charge in [-0.1, -0.05) is 54.5 Å². The molecular weight excluding hydrogens is 276 g/mol. The van der Waals surface area contributed by atoms with Gasteiger partial charge in [-0.2, -0.15) is 0 Å². The molecule has 0 fully saturated rings. The summed E-state index contributed by atoms with van der Waals surface area (Å²) in [5, 5.41) is 6.71. The third kappa shape index (κ3) is 3.06. The average Bonchev–Trinajstić information content (AvgIpc) is 3.04. The molecule has 1 aromatic heterocycles. The largest absolute Gasteiger partial charge is 0.338 e. The average molecular weight is 292 g/mol.